The molecule has 0 radical (unpaired) electrons. The smallest absolute Gasteiger partial charge is 0.223 e. The van der Waals surface area contributed by atoms with Gasteiger partial charge in [0, 0.05) is 26.6 Å². The molecule has 1 saturated heterocycles. The third kappa shape index (κ3) is 4.60. The van der Waals surface area contributed by atoms with Crippen LogP contribution in [-0.2, 0) is 6.54 Å². The molecule has 3 rings (SSSR count). The molecule has 1 atom stereocenters. The van der Waals surface area contributed by atoms with Gasteiger partial charge in [-0.2, -0.15) is 4.98 Å². The summed E-state index contributed by atoms with van der Waals surface area (Å²) in [6.07, 6.45) is 0.654. The largest absolute Gasteiger partial charge is 0.387 e. The van der Waals surface area contributed by atoms with Crippen LogP contribution in [0.1, 0.15) is 29.8 Å². The summed E-state index contributed by atoms with van der Waals surface area (Å²) in [5.74, 6) is 1.36. The lowest BCUT2D eigenvalue weighted by molar-refractivity contribution is 0.114. The quantitative estimate of drug-likeness (QED) is 0.904. The molecule has 1 aromatic heterocycles. The van der Waals surface area contributed by atoms with E-state index in [0.29, 0.717) is 12.4 Å². The third-order valence-corrected chi connectivity index (χ3v) is 4.23. The lowest BCUT2D eigenvalue weighted by atomic mass is 10.1. The minimum atomic E-state index is -0.428. The second kappa shape index (κ2) is 7.68. The van der Waals surface area contributed by atoms with Gasteiger partial charge in [-0.15, -0.1) is 0 Å². The maximum absolute atomic E-state index is 10.4. The van der Waals surface area contributed by atoms with Crippen molar-refractivity contribution in [2.24, 2.45) is 0 Å². The van der Waals surface area contributed by atoms with Crippen LogP contribution in [0.25, 0.3) is 0 Å². The molecule has 0 spiro atoms. The van der Waals surface area contributed by atoms with Gasteiger partial charge in [0.25, 0.3) is 0 Å². The number of hydrogen-bond donors (Lipinski definition) is 1. The van der Waals surface area contributed by atoms with Crippen LogP contribution in [0, 0.1) is 6.92 Å². The summed E-state index contributed by atoms with van der Waals surface area (Å²) in [7, 11) is 0. The van der Waals surface area contributed by atoms with E-state index in [1.807, 2.05) is 37.3 Å². The number of aliphatic hydroxyl groups excluding tert-OH is 1. The highest BCUT2D eigenvalue weighted by Crippen LogP contribution is 2.15. The summed E-state index contributed by atoms with van der Waals surface area (Å²) in [6, 6.07) is 9.87. The zero-order valence-electron chi connectivity index (χ0n) is 13.6. The van der Waals surface area contributed by atoms with Crippen LogP contribution in [0.4, 0.5) is 0 Å². The number of rotatable bonds is 5. The Labute approximate surface area is 136 Å². The predicted octanol–water partition coefficient (Wildman–Crippen LogP) is 1.62. The fourth-order valence-electron chi connectivity index (χ4n) is 3.00. The first-order chi connectivity index (χ1) is 11.2. The van der Waals surface area contributed by atoms with Gasteiger partial charge in [0.15, 0.2) is 5.82 Å². The van der Waals surface area contributed by atoms with Gasteiger partial charge < -0.3 is 9.63 Å². The number of aliphatic hydroxyl groups is 1. The van der Waals surface area contributed by atoms with Crippen molar-refractivity contribution in [2.45, 2.75) is 26.0 Å². The van der Waals surface area contributed by atoms with Crippen molar-refractivity contribution in [1.82, 2.24) is 19.9 Å². The lowest BCUT2D eigenvalue weighted by Gasteiger charge is -2.23. The van der Waals surface area contributed by atoms with E-state index < -0.39 is 6.10 Å². The van der Waals surface area contributed by atoms with Crippen LogP contribution in [0.3, 0.4) is 0 Å². The fourth-order valence-corrected chi connectivity index (χ4v) is 3.00. The average molecular weight is 316 g/mol. The number of aromatic nitrogens is 2. The Morgan fingerprint density at radius 1 is 1.13 bits per heavy atom. The number of nitrogens with zero attached hydrogens (tertiary/aromatic N) is 4. The number of aryl methyl sites for hydroxylation is 1. The van der Waals surface area contributed by atoms with Crippen molar-refractivity contribution in [2.75, 3.05) is 32.7 Å². The van der Waals surface area contributed by atoms with E-state index in [0.717, 1.165) is 50.5 Å². The number of hydrogen-bond acceptors (Lipinski definition) is 6. The van der Waals surface area contributed by atoms with E-state index in [-0.39, 0.29) is 0 Å². The summed E-state index contributed by atoms with van der Waals surface area (Å²) in [6.45, 7) is 7.14. The van der Waals surface area contributed by atoms with Crippen LogP contribution >= 0.6 is 0 Å². The standard InChI is InChI=1S/C17H24N4O2/c1-14-18-17(19-23-14)13-21-9-5-8-20(10-11-21)12-16(22)15-6-3-2-4-7-15/h2-4,6-7,16,22H,5,8-13H2,1H3. The number of benzene rings is 1. The Morgan fingerprint density at radius 2 is 1.87 bits per heavy atom. The molecule has 6 nitrogen and oxygen atoms in total. The Balaban J connectivity index is 1.50. The molecule has 1 aliphatic heterocycles. The molecule has 1 aliphatic rings. The molecule has 1 aromatic carbocycles. The van der Waals surface area contributed by atoms with Gasteiger partial charge in [-0.25, -0.2) is 0 Å². The summed E-state index contributed by atoms with van der Waals surface area (Å²) < 4.78 is 5.03. The molecule has 6 heteroatoms. The molecule has 0 bridgehead atoms. The highest BCUT2D eigenvalue weighted by molar-refractivity contribution is 5.17. The van der Waals surface area contributed by atoms with Crippen molar-refractivity contribution in [3.63, 3.8) is 0 Å². The summed E-state index contributed by atoms with van der Waals surface area (Å²) in [5.41, 5.74) is 0.982. The maximum atomic E-state index is 10.4. The molecule has 2 aromatic rings. The normalized spacial score (nSPS) is 18.7. The molecule has 1 N–H and O–H groups in total. The van der Waals surface area contributed by atoms with Crippen LogP contribution in [-0.4, -0.2) is 57.8 Å². The zero-order valence-corrected chi connectivity index (χ0v) is 13.6. The average Bonchev–Trinajstić information content (AvgIpc) is 2.84. The second-order valence-corrected chi connectivity index (χ2v) is 6.09. The third-order valence-electron chi connectivity index (χ3n) is 4.23. The van der Waals surface area contributed by atoms with Crippen molar-refractivity contribution >= 4 is 0 Å². The predicted molar refractivity (Wildman–Crippen MR) is 86.8 cm³/mol. The van der Waals surface area contributed by atoms with Crippen molar-refractivity contribution in [3.8, 4) is 0 Å². The zero-order chi connectivity index (χ0) is 16.1. The van der Waals surface area contributed by atoms with Crippen molar-refractivity contribution in [3.05, 3.63) is 47.6 Å². The molecular formula is C17H24N4O2. The molecule has 0 aliphatic carbocycles. The van der Waals surface area contributed by atoms with Crippen LogP contribution in [0.15, 0.2) is 34.9 Å². The van der Waals surface area contributed by atoms with Gasteiger partial charge in [-0.1, -0.05) is 35.5 Å². The highest BCUT2D eigenvalue weighted by Gasteiger charge is 2.19. The van der Waals surface area contributed by atoms with E-state index in [1.165, 1.54) is 0 Å². The van der Waals surface area contributed by atoms with Gasteiger partial charge in [0.05, 0.1) is 12.6 Å². The molecule has 0 saturated carbocycles. The van der Waals surface area contributed by atoms with Gasteiger partial charge in [-0.05, 0) is 25.1 Å². The van der Waals surface area contributed by atoms with E-state index in [4.69, 9.17) is 4.52 Å². The minimum absolute atomic E-state index is 0.428. The lowest BCUT2D eigenvalue weighted by Crippen LogP contribution is -2.33. The van der Waals surface area contributed by atoms with Gasteiger partial charge >= 0.3 is 0 Å². The monoisotopic (exact) mass is 316 g/mol. The van der Waals surface area contributed by atoms with E-state index in [2.05, 4.69) is 19.9 Å². The number of β-amino-alcohol motifs (C(OH)–C–C–N with tert-alkyl or cyclic N) is 1. The Bertz CT molecular complexity index is 602. The Morgan fingerprint density at radius 3 is 2.61 bits per heavy atom. The van der Waals surface area contributed by atoms with Crippen molar-refractivity contribution < 1.29 is 9.63 Å². The van der Waals surface area contributed by atoms with Crippen LogP contribution < -0.4 is 0 Å². The maximum Gasteiger partial charge on any atom is 0.223 e. The van der Waals surface area contributed by atoms with Crippen LogP contribution in [0.2, 0.25) is 0 Å². The second-order valence-electron chi connectivity index (χ2n) is 6.09. The molecule has 2 heterocycles. The molecule has 1 fully saturated rings. The van der Waals surface area contributed by atoms with Crippen molar-refractivity contribution in [1.29, 1.82) is 0 Å². The summed E-state index contributed by atoms with van der Waals surface area (Å²) in [4.78, 5) is 8.95. The SMILES string of the molecule is Cc1nc(CN2CCCN(CC(O)c3ccccc3)CC2)no1. The van der Waals surface area contributed by atoms with E-state index in [1.54, 1.807) is 0 Å². The molecule has 124 valence electrons. The molecule has 1 unspecified atom stereocenters. The van der Waals surface area contributed by atoms with E-state index >= 15 is 0 Å². The fraction of sp³-hybridized carbons (Fsp3) is 0.529. The van der Waals surface area contributed by atoms with E-state index in [9.17, 15) is 5.11 Å². The van der Waals surface area contributed by atoms with Gasteiger partial charge in [0.1, 0.15) is 0 Å². The Hall–Kier alpha value is -1.76. The summed E-state index contributed by atoms with van der Waals surface area (Å²) in [5, 5.41) is 14.3. The topological polar surface area (TPSA) is 65.6 Å². The minimum Gasteiger partial charge on any atom is -0.387 e. The van der Waals surface area contributed by atoms with Gasteiger partial charge in [-0.3, -0.25) is 9.80 Å². The molecule has 23 heavy (non-hydrogen) atoms. The van der Waals surface area contributed by atoms with Crippen LogP contribution in [0.5, 0.6) is 0 Å². The first-order valence-electron chi connectivity index (χ1n) is 8.17. The summed E-state index contributed by atoms with van der Waals surface area (Å²) >= 11 is 0. The Kier molecular flexibility index (Phi) is 5.38. The molecule has 0 amide bonds. The first-order valence-corrected chi connectivity index (χ1v) is 8.17. The first kappa shape index (κ1) is 16.1. The van der Waals surface area contributed by atoms with Gasteiger partial charge in [0.2, 0.25) is 5.89 Å². The molecular weight excluding hydrogens is 292 g/mol. The highest BCUT2D eigenvalue weighted by atomic mass is 16.5.